The third-order valence-corrected chi connectivity index (χ3v) is 5.46. The van der Waals surface area contributed by atoms with Gasteiger partial charge in [-0.05, 0) is 65.6 Å². The van der Waals surface area contributed by atoms with Crippen molar-refractivity contribution in [2.75, 3.05) is 26.4 Å². The van der Waals surface area contributed by atoms with E-state index < -0.39 is 0 Å². The van der Waals surface area contributed by atoms with Crippen molar-refractivity contribution in [3.8, 4) is 5.75 Å². The molecule has 0 saturated heterocycles. The minimum Gasteiger partial charge on any atom is -0.484 e. The average Bonchev–Trinajstić information content (AvgIpc) is 2.87. The number of rotatable bonds is 9. The Labute approximate surface area is 193 Å². The van der Waals surface area contributed by atoms with E-state index in [1.165, 1.54) is 16.3 Å². The number of nitrogens with one attached hydrogen (secondary N) is 1. The molecule has 0 bridgehead atoms. The van der Waals surface area contributed by atoms with E-state index in [9.17, 15) is 4.79 Å². The molecule has 3 aromatic carbocycles. The van der Waals surface area contributed by atoms with E-state index >= 15 is 0 Å². The van der Waals surface area contributed by atoms with Gasteiger partial charge in [0, 0.05) is 6.54 Å². The molecule has 170 valence electrons. The fraction of sp³-hybridized carbons (Fsp3) is 0.259. The van der Waals surface area contributed by atoms with Gasteiger partial charge in [0.2, 0.25) is 0 Å². The van der Waals surface area contributed by atoms with Crippen LogP contribution in [0.25, 0.3) is 10.8 Å². The van der Waals surface area contributed by atoms with E-state index in [-0.39, 0.29) is 12.5 Å². The van der Waals surface area contributed by atoms with Crippen LogP contribution in [-0.4, -0.2) is 38.0 Å². The van der Waals surface area contributed by atoms with Gasteiger partial charge in [-0.2, -0.15) is 0 Å². The first-order chi connectivity index (χ1) is 16.2. The van der Waals surface area contributed by atoms with E-state index in [0.717, 1.165) is 23.3 Å². The second kappa shape index (κ2) is 11.3. The highest BCUT2D eigenvalue weighted by Gasteiger charge is 2.07. The van der Waals surface area contributed by atoms with Crippen molar-refractivity contribution < 1.29 is 19.1 Å². The van der Waals surface area contributed by atoms with Gasteiger partial charge in [-0.3, -0.25) is 4.79 Å². The normalized spacial score (nSPS) is 14.0. The van der Waals surface area contributed by atoms with Gasteiger partial charge in [-0.25, -0.2) is 0 Å². The molecule has 0 aliphatic carbocycles. The van der Waals surface area contributed by atoms with Gasteiger partial charge in [0.25, 0.3) is 5.91 Å². The van der Waals surface area contributed by atoms with Gasteiger partial charge in [0.1, 0.15) is 12.4 Å². The number of hydrogen-bond acceptors (Lipinski definition) is 5. The fourth-order valence-corrected chi connectivity index (χ4v) is 3.52. The van der Waals surface area contributed by atoms with Crippen molar-refractivity contribution in [2.24, 2.45) is 5.16 Å². The minimum absolute atomic E-state index is 0.0228. The van der Waals surface area contributed by atoms with Crippen LogP contribution in [0.15, 0.2) is 83.5 Å². The summed E-state index contributed by atoms with van der Waals surface area (Å²) in [5.41, 5.74) is 3.96. The molecule has 4 rings (SSSR count). The van der Waals surface area contributed by atoms with Crippen molar-refractivity contribution >= 4 is 22.4 Å². The molecule has 0 spiro atoms. The van der Waals surface area contributed by atoms with Crippen LogP contribution in [0.2, 0.25) is 0 Å². The molecule has 3 aromatic rings. The quantitative estimate of drug-likeness (QED) is 0.297. The number of benzene rings is 3. The Morgan fingerprint density at radius 1 is 1.06 bits per heavy atom. The first-order valence-corrected chi connectivity index (χ1v) is 11.1. The summed E-state index contributed by atoms with van der Waals surface area (Å²) >= 11 is 0. The average molecular weight is 445 g/mol. The van der Waals surface area contributed by atoms with Gasteiger partial charge in [-0.15, -0.1) is 0 Å². The maximum absolute atomic E-state index is 12.0. The van der Waals surface area contributed by atoms with Crippen LogP contribution in [0.4, 0.5) is 0 Å². The van der Waals surface area contributed by atoms with E-state index in [1.54, 1.807) is 0 Å². The van der Waals surface area contributed by atoms with Crippen LogP contribution in [0.3, 0.4) is 0 Å². The number of amides is 1. The number of oxime groups is 1. The summed E-state index contributed by atoms with van der Waals surface area (Å²) in [5.74, 6) is 0.482. The molecule has 0 fully saturated rings. The van der Waals surface area contributed by atoms with E-state index in [4.69, 9.17) is 14.3 Å². The Hall–Kier alpha value is -3.64. The van der Waals surface area contributed by atoms with Gasteiger partial charge in [0.15, 0.2) is 6.61 Å². The molecule has 6 nitrogen and oxygen atoms in total. The first-order valence-electron chi connectivity index (χ1n) is 11.1. The molecule has 1 amide bonds. The Balaban J connectivity index is 1.23. The third-order valence-electron chi connectivity index (χ3n) is 5.46. The Kier molecular flexibility index (Phi) is 7.72. The summed E-state index contributed by atoms with van der Waals surface area (Å²) < 4.78 is 10.9. The predicted octanol–water partition coefficient (Wildman–Crippen LogP) is 4.62. The van der Waals surface area contributed by atoms with Crippen LogP contribution in [0.5, 0.6) is 5.75 Å². The number of ether oxygens (including phenoxy) is 2. The number of fused-ring (bicyclic) bond motifs is 1. The largest absolute Gasteiger partial charge is 0.484 e. The molecule has 0 aromatic heterocycles. The molecule has 0 unspecified atom stereocenters. The Morgan fingerprint density at radius 2 is 1.88 bits per heavy atom. The van der Waals surface area contributed by atoms with E-state index in [2.05, 4.69) is 40.8 Å². The highest BCUT2D eigenvalue weighted by molar-refractivity contribution is 5.98. The molecule has 1 N–H and O–H groups in total. The van der Waals surface area contributed by atoms with Crippen LogP contribution in [-0.2, 0) is 21.0 Å². The van der Waals surface area contributed by atoms with Crippen molar-refractivity contribution in [1.82, 2.24) is 5.32 Å². The highest BCUT2D eigenvalue weighted by Crippen LogP contribution is 2.17. The molecule has 0 atom stereocenters. The number of nitrogens with zero attached hydrogens (tertiary/aromatic N) is 1. The van der Waals surface area contributed by atoms with Gasteiger partial charge >= 0.3 is 0 Å². The number of hydrogen-bond donors (Lipinski definition) is 1. The summed E-state index contributed by atoms with van der Waals surface area (Å²) in [5, 5.41) is 9.51. The van der Waals surface area contributed by atoms with Gasteiger partial charge < -0.3 is 19.6 Å². The lowest BCUT2D eigenvalue weighted by Crippen LogP contribution is -2.31. The lowest BCUT2D eigenvalue weighted by molar-refractivity contribution is -0.122. The molecule has 6 heteroatoms. The molecule has 1 aliphatic heterocycles. The zero-order valence-corrected chi connectivity index (χ0v) is 18.8. The van der Waals surface area contributed by atoms with Crippen molar-refractivity contribution in [3.63, 3.8) is 0 Å². The maximum Gasteiger partial charge on any atom is 0.258 e. The third kappa shape index (κ3) is 6.67. The number of carbonyl (C=O) groups is 1. The summed E-state index contributed by atoms with van der Waals surface area (Å²) in [6, 6.07) is 21.9. The summed E-state index contributed by atoms with van der Waals surface area (Å²) in [7, 11) is 0. The molecular weight excluding hydrogens is 416 g/mol. The van der Waals surface area contributed by atoms with Crippen molar-refractivity contribution in [1.29, 1.82) is 0 Å². The SMILES string of the molecule is C/C(=N\OCc1ccc2ccccc2c1)c1ccc(OCC(=O)NCC2=CCOCC2)cc1. The summed E-state index contributed by atoms with van der Waals surface area (Å²) in [4.78, 5) is 17.6. The smallest absolute Gasteiger partial charge is 0.258 e. The lowest BCUT2D eigenvalue weighted by atomic mass is 10.1. The zero-order valence-electron chi connectivity index (χ0n) is 18.8. The second-order valence-electron chi connectivity index (χ2n) is 7.91. The standard InChI is InChI=1S/C27H28N2O4/c1-20(29-33-18-22-6-7-24-4-2-3-5-25(24)16-22)23-8-10-26(11-9-23)32-19-27(30)28-17-21-12-14-31-15-13-21/h2-12,16H,13-15,17-19H2,1H3,(H,28,30)/b29-20+. The predicted molar refractivity (Wildman–Crippen MR) is 129 cm³/mol. The highest BCUT2D eigenvalue weighted by atomic mass is 16.6. The topological polar surface area (TPSA) is 69.2 Å². The maximum atomic E-state index is 12.0. The minimum atomic E-state index is -0.147. The van der Waals surface area contributed by atoms with Gasteiger partial charge in [0.05, 0.1) is 18.9 Å². The lowest BCUT2D eigenvalue weighted by Gasteiger charge is -2.14. The molecular formula is C27H28N2O4. The monoisotopic (exact) mass is 444 g/mol. The van der Waals surface area contributed by atoms with Crippen molar-refractivity contribution in [3.05, 3.63) is 89.5 Å². The van der Waals surface area contributed by atoms with Crippen LogP contribution >= 0.6 is 0 Å². The van der Waals surface area contributed by atoms with Crippen molar-refractivity contribution in [2.45, 2.75) is 20.0 Å². The fourth-order valence-electron chi connectivity index (χ4n) is 3.52. The van der Waals surface area contributed by atoms with Crippen LogP contribution < -0.4 is 10.1 Å². The Bertz CT molecular complexity index is 1150. The van der Waals surface area contributed by atoms with Crippen LogP contribution in [0.1, 0.15) is 24.5 Å². The molecule has 33 heavy (non-hydrogen) atoms. The summed E-state index contributed by atoms with van der Waals surface area (Å²) in [6.07, 6.45) is 2.87. The van der Waals surface area contributed by atoms with Gasteiger partial charge in [-0.1, -0.05) is 53.2 Å². The zero-order chi connectivity index (χ0) is 22.9. The molecule has 1 aliphatic rings. The second-order valence-corrected chi connectivity index (χ2v) is 7.91. The molecule has 1 heterocycles. The summed E-state index contributed by atoms with van der Waals surface area (Å²) in [6.45, 7) is 4.15. The first kappa shape index (κ1) is 22.6. The van der Waals surface area contributed by atoms with E-state index in [1.807, 2.05) is 49.4 Å². The number of carbonyl (C=O) groups excluding carboxylic acids is 1. The molecule has 0 saturated carbocycles. The molecule has 0 radical (unpaired) electrons. The van der Waals surface area contributed by atoms with Crippen LogP contribution in [0, 0.1) is 0 Å². The Morgan fingerprint density at radius 3 is 2.67 bits per heavy atom. The van der Waals surface area contributed by atoms with E-state index in [0.29, 0.717) is 32.1 Å².